The Kier molecular flexibility index (Phi) is 5.89. The van der Waals surface area contributed by atoms with Crippen molar-refractivity contribution in [3.63, 3.8) is 0 Å². The van der Waals surface area contributed by atoms with E-state index in [1.54, 1.807) is 6.07 Å². The Hall–Kier alpha value is -1.49. The van der Waals surface area contributed by atoms with Crippen molar-refractivity contribution in [2.24, 2.45) is 0 Å². The summed E-state index contributed by atoms with van der Waals surface area (Å²) >= 11 is 0. The molecule has 4 nitrogen and oxygen atoms in total. The highest BCUT2D eigenvalue weighted by atomic mass is 19.1. The minimum atomic E-state index is -0.812. The highest BCUT2D eigenvalue weighted by Crippen LogP contribution is 2.25. The first kappa shape index (κ1) is 15.6. The van der Waals surface area contributed by atoms with Gasteiger partial charge in [-0.3, -0.25) is 14.7 Å². The lowest BCUT2D eigenvalue weighted by Crippen LogP contribution is -2.38. The molecule has 2 atom stereocenters. The van der Waals surface area contributed by atoms with Crippen LogP contribution in [-0.4, -0.2) is 33.5 Å². The van der Waals surface area contributed by atoms with Gasteiger partial charge in [0, 0.05) is 6.04 Å². The van der Waals surface area contributed by atoms with Crippen molar-refractivity contribution < 1.29 is 14.3 Å². The Morgan fingerprint density at radius 2 is 2.16 bits per heavy atom. The molecular weight excluding hydrogens is 247 g/mol. The van der Waals surface area contributed by atoms with Gasteiger partial charge in [0.2, 0.25) is 0 Å². The normalized spacial score (nSPS) is 14.4. The molecule has 1 aromatic rings. The monoisotopic (exact) mass is 268 g/mol. The molecule has 5 heteroatoms. The fourth-order valence-electron chi connectivity index (χ4n) is 2.41. The standard InChI is InChI=1S/C14H21FN2O2/c1-4-13(12-7-6-11(15)9-16-12)17(5-2)10(3)8-14(18)19/h6-7,9-10,13H,4-5,8H2,1-3H3,(H,18,19). The predicted molar refractivity (Wildman–Crippen MR) is 71.3 cm³/mol. The van der Waals surface area contributed by atoms with E-state index in [4.69, 9.17) is 5.11 Å². The van der Waals surface area contributed by atoms with Crippen molar-refractivity contribution in [3.05, 3.63) is 29.8 Å². The number of carboxylic acids is 1. The number of hydrogen-bond donors (Lipinski definition) is 1. The van der Waals surface area contributed by atoms with E-state index in [2.05, 4.69) is 9.88 Å². The Balaban J connectivity index is 2.91. The van der Waals surface area contributed by atoms with E-state index >= 15 is 0 Å². The van der Waals surface area contributed by atoms with Crippen LogP contribution in [0.15, 0.2) is 18.3 Å². The Morgan fingerprint density at radius 1 is 1.47 bits per heavy atom. The van der Waals surface area contributed by atoms with Gasteiger partial charge in [0.1, 0.15) is 5.82 Å². The molecule has 0 bridgehead atoms. The Morgan fingerprint density at radius 3 is 2.58 bits per heavy atom. The largest absolute Gasteiger partial charge is 0.481 e. The summed E-state index contributed by atoms with van der Waals surface area (Å²) in [5.74, 6) is -1.17. The predicted octanol–water partition coefficient (Wildman–Crippen LogP) is 2.86. The molecule has 0 amide bonds. The molecule has 1 aromatic heterocycles. The number of nitrogens with zero attached hydrogens (tertiary/aromatic N) is 2. The van der Waals surface area contributed by atoms with Gasteiger partial charge >= 0.3 is 5.97 Å². The summed E-state index contributed by atoms with van der Waals surface area (Å²) < 4.78 is 12.9. The first-order valence-corrected chi connectivity index (χ1v) is 6.58. The quantitative estimate of drug-likeness (QED) is 0.826. The van der Waals surface area contributed by atoms with E-state index < -0.39 is 5.97 Å². The van der Waals surface area contributed by atoms with Gasteiger partial charge in [-0.2, -0.15) is 0 Å². The van der Waals surface area contributed by atoms with Crippen LogP contribution in [0.25, 0.3) is 0 Å². The van der Waals surface area contributed by atoms with E-state index in [-0.39, 0.29) is 24.3 Å². The molecule has 1 heterocycles. The molecule has 0 radical (unpaired) electrons. The molecular formula is C14H21FN2O2. The van der Waals surface area contributed by atoms with Crippen LogP contribution in [0.4, 0.5) is 4.39 Å². The van der Waals surface area contributed by atoms with E-state index in [9.17, 15) is 9.18 Å². The molecule has 0 fully saturated rings. The highest BCUT2D eigenvalue weighted by Gasteiger charge is 2.24. The molecule has 0 aliphatic rings. The number of hydrogen-bond acceptors (Lipinski definition) is 3. The van der Waals surface area contributed by atoms with Gasteiger partial charge in [-0.25, -0.2) is 4.39 Å². The van der Waals surface area contributed by atoms with Gasteiger partial charge in [-0.15, -0.1) is 0 Å². The van der Waals surface area contributed by atoms with E-state index in [0.717, 1.165) is 18.7 Å². The van der Waals surface area contributed by atoms with Gasteiger partial charge in [0.05, 0.1) is 24.4 Å². The van der Waals surface area contributed by atoms with Gasteiger partial charge in [0.25, 0.3) is 0 Å². The number of carboxylic acid groups (broad SMARTS) is 1. The lowest BCUT2D eigenvalue weighted by Gasteiger charge is -2.34. The average molecular weight is 268 g/mol. The number of aromatic nitrogens is 1. The molecule has 0 aliphatic heterocycles. The SMILES string of the molecule is CCC(c1ccc(F)cn1)N(CC)C(C)CC(=O)O. The van der Waals surface area contributed by atoms with Crippen molar-refractivity contribution in [1.82, 2.24) is 9.88 Å². The maximum Gasteiger partial charge on any atom is 0.304 e. The van der Waals surface area contributed by atoms with Gasteiger partial charge in [-0.1, -0.05) is 13.8 Å². The Labute approximate surface area is 113 Å². The van der Waals surface area contributed by atoms with Crippen molar-refractivity contribution in [2.45, 2.75) is 45.7 Å². The van der Waals surface area contributed by atoms with Gasteiger partial charge in [0.15, 0.2) is 0 Å². The van der Waals surface area contributed by atoms with Crippen LogP contribution in [0.2, 0.25) is 0 Å². The third kappa shape index (κ3) is 4.28. The summed E-state index contributed by atoms with van der Waals surface area (Å²) in [5, 5.41) is 8.90. The minimum absolute atomic E-state index is 0.0138. The smallest absolute Gasteiger partial charge is 0.304 e. The van der Waals surface area contributed by atoms with E-state index in [1.165, 1.54) is 12.3 Å². The molecule has 1 rings (SSSR count). The van der Waals surface area contributed by atoms with Crippen molar-refractivity contribution in [3.8, 4) is 0 Å². The summed E-state index contributed by atoms with van der Waals surface area (Å²) in [6, 6.07) is 2.99. The van der Waals surface area contributed by atoms with Crippen LogP contribution < -0.4 is 0 Å². The third-order valence-electron chi connectivity index (χ3n) is 3.28. The zero-order valence-electron chi connectivity index (χ0n) is 11.6. The second-order valence-corrected chi connectivity index (χ2v) is 4.60. The molecule has 2 unspecified atom stereocenters. The molecule has 0 saturated carbocycles. The summed E-state index contributed by atoms with van der Waals surface area (Å²) in [5.41, 5.74) is 0.781. The summed E-state index contributed by atoms with van der Waals surface area (Å²) in [7, 11) is 0. The summed E-state index contributed by atoms with van der Waals surface area (Å²) in [6.45, 7) is 6.63. The number of rotatable bonds is 7. The topological polar surface area (TPSA) is 53.4 Å². The second-order valence-electron chi connectivity index (χ2n) is 4.60. The van der Waals surface area contributed by atoms with Crippen molar-refractivity contribution in [1.29, 1.82) is 0 Å². The van der Waals surface area contributed by atoms with Crippen molar-refractivity contribution >= 4 is 5.97 Å². The average Bonchev–Trinajstić information content (AvgIpc) is 2.36. The number of pyridine rings is 1. The molecule has 0 saturated heterocycles. The first-order chi connectivity index (χ1) is 8.99. The van der Waals surface area contributed by atoms with Crippen LogP contribution in [0, 0.1) is 5.82 Å². The maximum atomic E-state index is 12.9. The fraction of sp³-hybridized carbons (Fsp3) is 0.571. The molecule has 19 heavy (non-hydrogen) atoms. The summed E-state index contributed by atoms with van der Waals surface area (Å²) in [4.78, 5) is 17.0. The zero-order valence-corrected chi connectivity index (χ0v) is 11.6. The Bertz CT molecular complexity index is 408. The molecule has 0 aliphatic carbocycles. The minimum Gasteiger partial charge on any atom is -0.481 e. The van der Waals surface area contributed by atoms with Crippen molar-refractivity contribution in [2.75, 3.05) is 6.54 Å². The van der Waals surface area contributed by atoms with Gasteiger partial charge in [-0.05, 0) is 32.0 Å². The van der Waals surface area contributed by atoms with Crippen LogP contribution in [-0.2, 0) is 4.79 Å². The molecule has 0 aromatic carbocycles. The lowest BCUT2D eigenvalue weighted by molar-refractivity contribution is -0.138. The lowest BCUT2D eigenvalue weighted by atomic mass is 10.0. The molecule has 106 valence electrons. The summed E-state index contributed by atoms with van der Waals surface area (Å²) in [6.07, 6.45) is 2.09. The highest BCUT2D eigenvalue weighted by molar-refractivity contribution is 5.67. The number of carbonyl (C=O) groups is 1. The maximum absolute atomic E-state index is 12.9. The van der Waals surface area contributed by atoms with E-state index in [1.807, 2.05) is 20.8 Å². The third-order valence-corrected chi connectivity index (χ3v) is 3.28. The first-order valence-electron chi connectivity index (χ1n) is 6.58. The van der Waals surface area contributed by atoms with Crippen LogP contribution >= 0.6 is 0 Å². The van der Waals surface area contributed by atoms with Crippen LogP contribution in [0.5, 0.6) is 0 Å². The van der Waals surface area contributed by atoms with E-state index in [0.29, 0.717) is 0 Å². The second kappa shape index (κ2) is 7.19. The van der Waals surface area contributed by atoms with Gasteiger partial charge < -0.3 is 5.11 Å². The van der Waals surface area contributed by atoms with Crippen LogP contribution in [0.1, 0.15) is 45.3 Å². The number of halogens is 1. The fourth-order valence-corrected chi connectivity index (χ4v) is 2.41. The molecule has 1 N–H and O–H groups in total. The van der Waals surface area contributed by atoms with Crippen LogP contribution in [0.3, 0.4) is 0 Å². The zero-order chi connectivity index (χ0) is 14.4. The molecule has 0 spiro atoms. The number of aliphatic carboxylic acids is 1.